The van der Waals surface area contributed by atoms with Gasteiger partial charge in [-0.25, -0.2) is 4.98 Å². The van der Waals surface area contributed by atoms with Gasteiger partial charge in [-0.3, -0.25) is 9.78 Å². The van der Waals surface area contributed by atoms with Crippen molar-refractivity contribution in [3.8, 4) is 0 Å². The highest BCUT2D eigenvalue weighted by atomic mass is 16.5. The SMILES string of the molecule is O=C(c1cncc(N2CCC3(CC2)OCCC[C@@H]3O)n1)N1CCCCC1. The highest BCUT2D eigenvalue weighted by Crippen LogP contribution is 2.36. The van der Waals surface area contributed by atoms with Gasteiger partial charge in [-0.05, 0) is 44.9 Å². The number of carbonyl (C=O) groups is 1. The number of amides is 1. The van der Waals surface area contributed by atoms with Crippen LogP contribution in [-0.4, -0.2) is 70.4 Å². The Balaban J connectivity index is 1.43. The highest BCUT2D eigenvalue weighted by Gasteiger charge is 2.43. The lowest BCUT2D eigenvalue weighted by Crippen LogP contribution is -2.55. The minimum absolute atomic E-state index is 0.0152. The maximum Gasteiger partial charge on any atom is 0.274 e. The van der Waals surface area contributed by atoms with E-state index in [0.29, 0.717) is 5.69 Å². The number of likely N-dealkylation sites (tertiary alicyclic amines) is 1. The number of carbonyl (C=O) groups excluding carboxylic acids is 1. The molecule has 1 atom stereocenters. The van der Waals surface area contributed by atoms with E-state index in [1.54, 1.807) is 12.4 Å². The lowest BCUT2D eigenvalue weighted by atomic mass is 9.82. The number of nitrogens with zero attached hydrogens (tertiary/aromatic N) is 4. The standard InChI is InChI=1S/C19H28N4O3/c24-16-5-4-12-26-19(16)6-10-22(11-7-19)17-14-20-13-15(21-17)18(25)23-8-2-1-3-9-23/h13-14,16,24H,1-12H2/t16-/m0/s1. The molecule has 0 radical (unpaired) electrons. The van der Waals surface area contributed by atoms with E-state index >= 15 is 0 Å². The maximum absolute atomic E-state index is 12.7. The third-order valence-corrected chi connectivity index (χ3v) is 6.04. The third kappa shape index (κ3) is 3.42. The molecule has 142 valence electrons. The second kappa shape index (κ2) is 7.48. The number of hydrogen-bond acceptors (Lipinski definition) is 6. The number of rotatable bonds is 2. The van der Waals surface area contributed by atoms with Gasteiger partial charge < -0.3 is 19.6 Å². The molecule has 1 N–H and O–H groups in total. The van der Waals surface area contributed by atoms with Crippen LogP contribution in [0.4, 0.5) is 5.82 Å². The van der Waals surface area contributed by atoms with Gasteiger partial charge in [-0.2, -0.15) is 0 Å². The molecule has 7 heteroatoms. The van der Waals surface area contributed by atoms with E-state index in [1.807, 2.05) is 4.90 Å². The minimum atomic E-state index is -0.399. The highest BCUT2D eigenvalue weighted by molar-refractivity contribution is 5.92. The van der Waals surface area contributed by atoms with Crippen molar-refractivity contribution >= 4 is 11.7 Å². The van der Waals surface area contributed by atoms with Crippen LogP contribution in [0.5, 0.6) is 0 Å². The third-order valence-electron chi connectivity index (χ3n) is 6.04. The zero-order valence-electron chi connectivity index (χ0n) is 15.3. The molecule has 1 amide bonds. The lowest BCUT2D eigenvalue weighted by molar-refractivity contribution is -0.164. The summed E-state index contributed by atoms with van der Waals surface area (Å²) in [6.07, 6.45) is 9.54. The van der Waals surface area contributed by atoms with Crippen LogP contribution in [0.3, 0.4) is 0 Å². The van der Waals surface area contributed by atoms with Crippen molar-refractivity contribution < 1.29 is 14.6 Å². The van der Waals surface area contributed by atoms with Crippen molar-refractivity contribution in [1.29, 1.82) is 0 Å². The number of hydrogen-bond donors (Lipinski definition) is 1. The predicted molar refractivity (Wildman–Crippen MR) is 97.2 cm³/mol. The molecule has 4 rings (SSSR count). The molecule has 0 unspecified atom stereocenters. The van der Waals surface area contributed by atoms with Gasteiger partial charge >= 0.3 is 0 Å². The Morgan fingerprint density at radius 3 is 2.62 bits per heavy atom. The van der Waals surface area contributed by atoms with Gasteiger partial charge in [0.05, 0.1) is 24.1 Å². The fourth-order valence-corrected chi connectivity index (χ4v) is 4.37. The maximum atomic E-state index is 12.7. The van der Waals surface area contributed by atoms with Gasteiger partial charge in [0.25, 0.3) is 5.91 Å². The van der Waals surface area contributed by atoms with Crippen LogP contribution in [0, 0.1) is 0 Å². The normalized spacial score (nSPS) is 26.1. The molecule has 26 heavy (non-hydrogen) atoms. The molecule has 1 aromatic heterocycles. The van der Waals surface area contributed by atoms with Gasteiger partial charge in [0.1, 0.15) is 11.5 Å². The van der Waals surface area contributed by atoms with E-state index in [-0.39, 0.29) is 12.0 Å². The van der Waals surface area contributed by atoms with Crippen molar-refractivity contribution in [2.75, 3.05) is 37.7 Å². The summed E-state index contributed by atoms with van der Waals surface area (Å²) in [5, 5.41) is 10.4. The molecule has 3 aliphatic heterocycles. The smallest absolute Gasteiger partial charge is 0.274 e. The molecule has 3 saturated heterocycles. The van der Waals surface area contributed by atoms with Gasteiger partial charge in [0.2, 0.25) is 0 Å². The van der Waals surface area contributed by atoms with Gasteiger partial charge in [0.15, 0.2) is 0 Å². The molecule has 0 aliphatic carbocycles. The van der Waals surface area contributed by atoms with Crippen molar-refractivity contribution in [2.24, 2.45) is 0 Å². The van der Waals surface area contributed by atoms with E-state index < -0.39 is 5.60 Å². The number of aliphatic hydroxyl groups excluding tert-OH is 1. The van der Waals surface area contributed by atoms with Crippen molar-refractivity contribution in [1.82, 2.24) is 14.9 Å². The van der Waals surface area contributed by atoms with E-state index in [2.05, 4.69) is 14.9 Å². The van der Waals surface area contributed by atoms with Crippen LogP contribution in [0.25, 0.3) is 0 Å². The monoisotopic (exact) mass is 360 g/mol. The fourth-order valence-electron chi connectivity index (χ4n) is 4.37. The summed E-state index contributed by atoms with van der Waals surface area (Å²) >= 11 is 0. The van der Waals surface area contributed by atoms with Crippen molar-refractivity contribution in [3.05, 3.63) is 18.1 Å². The first-order valence-corrected chi connectivity index (χ1v) is 9.86. The molecule has 0 bridgehead atoms. The molecule has 4 heterocycles. The second-order valence-corrected chi connectivity index (χ2v) is 7.67. The Morgan fingerprint density at radius 1 is 1.12 bits per heavy atom. The second-order valence-electron chi connectivity index (χ2n) is 7.67. The van der Waals surface area contributed by atoms with E-state index in [1.165, 1.54) is 6.42 Å². The number of piperidine rings is 2. The topological polar surface area (TPSA) is 78.8 Å². The van der Waals surface area contributed by atoms with E-state index in [9.17, 15) is 9.90 Å². The summed E-state index contributed by atoms with van der Waals surface area (Å²) in [5.74, 6) is 0.728. The summed E-state index contributed by atoms with van der Waals surface area (Å²) in [6.45, 7) is 3.87. The molecule has 7 nitrogen and oxygen atoms in total. The molecule has 1 aromatic rings. The molecule has 3 fully saturated rings. The zero-order valence-corrected chi connectivity index (χ0v) is 15.3. The molecule has 0 aromatic carbocycles. The van der Waals surface area contributed by atoms with E-state index in [0.717, 1.165) is 77.1 Å². The average molecular weight is 360 g/mol. The number of aliphatic hydroxyl groups is 1. The lowest BCUT2D eigenvalue weighted by Gasteiger charge is -2.47. The molecule has 0 saturated carbocycles. The molecular weight excluding hydrogens is 332 g/mol. The summed E-state index contributed by atoms with van der Waals surface area (Å²) in [5.41, 5.74) is 0.0299. The fraction of sp³-hybridized carbons (Fsp3) is 0.737. The summed E-state index contributed by atoms with van der Waals surface area (Å²) in [7, 11) is 0. The van der Waals surface area contributed by atoms with E-state index in [4.69, 9.17) is 4.74 Å². The first-order chi connectivity index (χ1) is 12.7. The van der Waals surface area contributed by atoms with Crippen molar-refractivity contribution in [3.63, 3.8) is 0 Å². The Morgan fingerprint density at radius 2 is 1.88 bits per heavy atom. The van der Waals surface area contributed by atoms with Crippen LogP contribution in [0.1, 0.15) is 55.4 Å². The first kappa shape index (κ1) is 17.7. The van der Waals surface area contributed by atoms with Crippen LogP contribution < -0.4 is 4.90 Å². The Kier molecular flexibility index (Phi) is 5.09. The molecule has 3 aliphatic rings. The van der Waals surface area contributed by atoms with Gasteiger partial charge in [-0.1, -0.05) is 0 Å². The minimum Gasteiger partial charge on any atom is -0.390 e. The largest absolute Gasteiger partial charge is 0.390 e. The summed E-state index contributed by atoms with van der Waals surface area (Å²) < 4.78 is 5.97. The average Bonchev–Trinajstić information content (AvgIpc) is 2.71. The number of anilines is 1. The Labute approximate surface area is 154 Å². The summed E-state index contributed by atoms with van der Waals surface area (Å²) in [4.78, 5) is 25.6. The zero-order chi connectivity index (χ0) is 18.0. The molecule has 1 spiro atoms. The summed E-state index contributed by atoms with van der Waals surface area (Å²) in [6, 6.07) is 0. The van der Waals surface area contributed by atoms with Crippen LogP contribution in [-0.2, 0) is 4.74 Å². The van der Waals surface area contributed by atoms with Crippen LogP contribution >= 0.6 is 0 Å². The Bertz CT molecular complexity index is 639. The first-order valence-electron chi connectivity index (χ1n) is 9.86. The number of ether oxygens (including phenoxy) is 1. The Hall–Kier alpha value is -1.73. The quantitative estimate of drug-likeness (QED) is 0.863. The molecular formula is C19H28N4O3. The number of aromatic nitrogens is 2. The van der Waals surface area contributed by atoms with Crippen LogP contribution in [0.15, 0.2) is 12.4 Å². The van der Waals surface area contributed by atoms with Gasteiger partial charge in [0, 0.05) is 32.8 Å². The predicted octanol–water partition coefficient (Wildman–Crippen LogP) is 1.61. The van der Waals surface area contributed by atoms with Gasteiger partial charge in [-0.15, -0.1) is 0 Å². The van der Waals surface area contributed by atoms with Crippen LogP contribution in [0.2, 0.25) is 0 Å². The van der Waals surface area contributed by atoms with Crippen molar-refractivity contribution in [2.45, 2.75) is 56.7 Å².